The van der Waals surface area contributed by atoms with Crippen molar-refractivity contribution < 1.29 is 0 Å². The smallest absolute Gasteiger partial charge is 0.0459 e. The summed E-state index contributed by atoms with van der Waals surface area (Å²) in [7, 11) is 2.20. The molecule has 0 saturated carbocycles. The number of likely N-dealkylation sites (N-methyl/N-ethyl adjacent to an activating group) is 1. The summed E-state index contributed by atoms with van der Waals surface area (Å²) in [6, 6.07) is 15.5. The Morgan fingerprint density at radius 3 is 2.76 bits per heavy atom. The van der Waals surface area contributed by atoms with Crippen molar-refractivity contribution >= 4 is 10.9 Å². The van der Waals surface area contributed by atoms with E-state index in [9.17, 15) is 0 Å². The van der Waals surface area contributed by atoms with Crippen LogP contribution in [0.5, 0.6) is 0 Å². The van der Waals surface area contributed by atoms with Crippen molar-refractivity contribution in [3.8, 4) is 11.1 Å². The highest BCUT2D eigenvalue weighted by Gasteiger charge is 2.18. The first kappa shape index (κ1) is 12.7. The number of nitrogens with one attached hydrogen (secondary N) is 1. The molecule has 1 aromatic heterocycles. The van der Waals surface area contributed by atoms with E-state index in [1.54, 1.807) is 0 Å². The molecule has 0 spiro atoms. The van der Waals surface area contributed by atoms with Crippen molar-refractivity contribution in [1.82, 2.24) is 9.88 Å². The molecule has 0 unspecified atom stereocenters. The molecule has 2 heteroatoms. The van der Waals surface area contributed by atoms with Crippen LogP contribution in [0.1, 0.15) is 16.8 Å². The van der Waals surface area contributed by atoms with Crippen LogP contribution in [0, 0.1) is 6.92 Å². The lowest BCUT2D eigenvalue weighted by atomic mass is 9.99. The molecule has 2 aromatic carbocycles. The predicted molar refractivity (Wildman–Crippen MR) is 88.5 cm³/mol. The SMILES string of the molecule is Cc1cccc(-c2ccc3[nH]c4c(c3c2)CN(C)CC4)c1. The third-order valence-electron chi connectivity index (χ3n) is 4.52. The first-order chi connectivity index (χ1) is 10.2. The number of H-pyrrole nitrogens is 1. The standard InChI is InChI=1S/C19H20N2/c1-13-4-3-5-14(10-13)15-6-7-18-16(11-15)17-12-21(2)9-8-19(17)20-18/h3-7,10-11,20H,8-9,12H2,1-2H3. The van der Waals surface area contributed by atoms with Crippen LogP contribution in [0.15, 0.2) is 42.5 Å². The third-order valence-corrected chi connectivity index (χ3v) is 4.52. The Morgan fingerprint density at radius 2 is 1.90 bits per heavy atom. The molecule has 0 aliphatic carbocycles. The van der Waals surface area contributed by atoms with E-state index < -0.39 is 0 Å². The molecule has 2 nitrogen and oxygen atoms in total. The van der Waals surface area contributed by atoms with Gasteiger partial charge in [-0.2, -0.15) is 0 Å². The van der Waals surface area contributed by atoms with Crippen LogP contribution in [0.3, 0.4) is 0 Å². The Kier molecular flexibility index (Phi) is 2.86. The van der Waals surface area contributed by atoms with Gasteiger partial charge in [-0.1, -0.05) is 35.9 Å². The number of hydrogen-bond acceptors (Lipinski definition) is 1. The van der Waals surface area contributed by atoms with Gasteiger partial charge < -0.3 is 9.88 Å². The minimum atomic E-state index is 1.05. The Balaban J connectivity index is 1.88. The zero-order valence-corrected chi connectivity index (χ0v) is 12.6. The number of aromatic amines is 1. The van der Waals surface area contributed by atoms with Crippen LogP contribution in [-0.4, -0.2) is 23.5 Å². The molecule has 3 aromatic rings. The molecule has 106 valence electrons. The molecule has 0 bridgehead atoms. The maximum atomic E-state index is 3.60. The van der Waals surface area contributed by atoms with Crippen LogP contribution >= 0.6 is 0 Å². The fourth-order valence-corrected chi connectivity index (χ4v) is 3.35. The van der Waals surface area contributed by atoms with Crippen LogP contribution in [-0.2, 0) is 13.0 Å². The summed E-state index contributed by atoms with van der Waals surface area (Å²) in [6.07, 6.45) is 1.13. The van der Waals surface area contributed by atoms with E-state index in [0.29, 0.717) is 0 Å². The van der Waals surface area contributed by atoms with Gasteiger partial charge in [0.1, 0.15) is 0 Å². The van der Waals surface area contributed by atoms with E-state index in [1.807, 2.05) is 0 Å². The number of nitrogens with zero attached hydrogens (tertiary/aromatic N) is 1. The molecule has 1 aliphatic rings. The lowest BCUT2D eigenvalue weighted by Gasteiger charge is -2.22. The molecule has 0 saturated heterocycles. The zero-order chi connectivity index (χ0) is 14.4. The molecule has 0 atom stereocenters. The van der Waals surface area contributed by atoms with Crippen molar-refractivity contribution in [3.05, 3.63) is 59.3 Å². The summed E-state index contributed by atoms with van der Waals surface area (Å²) >= 11 is 0. The van der Waals surface area contributed by atoms with E-state index in [2.05, 4.69) is 66.3 Å². The second kappa shape index (κ2) is 4.74. The largest absolute Gasteiger partial charge is 0.358 e. The van der Waals surface area contributed by atoms with E-state index >= 15 is 0 Å². The minimum absolute atomic E-state index is 1.05. The van der Waals surface area contributed by atoms with Crippen LogP contribution in [0.4, 0.5) is 0 Å². The second-order valence-corrected chi connectivity index (χ2v) is 6.20. The van der Waals surface area contributed by atoms with Gasteiger partial charge >= 0.3 is 0 Å². The Hall–Kier alpha value is -2.06. The van der Waals surface area contributed by atoms with E-state index in [1.165, 1.54) is 38.9 Å². The van der Waals surface area contributed by atoms with Crippen molar-refractivity contribution in [2.24, 2.45) is 0 Å². The average Bonchev–Trinajstić information content (AvgIpc) is 2.84. The number of benzene rings is 2. The maximum absolute atomic E-state index is 3.60. The summed E-state index contributed by atoms with van der Waals surface area (Å²) in [6.45, 7) is 4.34. The first-order valence-electron chi connectivity index (χ1n) is 7.60. The van der Waals surface area contributed by atoms with Crippen molar-refractivity contribution in [2.75, 3.05) is 13.6 Å². The normalized spacial score (nSPS) is 15.3. The van der Waals surface area contributed by atoms with Crippen LogP contribution in [0.25, 0.3) is 22.0 Å². The fourth-order valence-electron chi connectivity index (χ4n) is 3.35. The van der Waals surface area contributed by atoms with Gasteiger partial charge in [0.05, 0.1) is 0 Å². The Bertz CT molecular complexity index is 814. The van der Waals surface area contributed by atoms with Gasteiger partial charge in [-0.15, -0.1) is 0 Å². The summed E-state index contributed by atoms with van der Waals surface area (Å²) in [5.74, 6) is 0. The first-order valence-corrected chi connectivity index (χ1v) is 7.60. The van der Waals surface area contributed by atoms with Crippen molar-refractivity contribution in [1.29, 1.82) is 0 Å². The molecule has 0 fully saturated rings. The predicted octanol–water partition coefficient (Wildman–Crippen LogP) is 4.13. The van der Waals surface area contributed by atoms with E-state index in [4.69, 9.17) is 0 Å². The molecule has 0 radical (unpaired) electrons. The zero-order valence-electron chi connectivity index (χ0n) is 12.6. The molecule has 2 heterocycles. The summed E-state index contributed by atoms with van der Waals surface area (Å²) in [5.41, 5.74) is 8.09. The Labute approximate surface area is 125 Å². The van der Waals surface area contributed by atoms with E-state index in [0.717, 1.165) is 19.5 Å². The second-order valence-electron chi connectivity index (χ2n) is 6.20. The van der Waals surface area contributed by atoms with Crippen LogP contribution < -0.4 is 0 Å². The van der Waals surface area contributed by atoms with Crippen LogP contribution in [0.2, 0.25) is 0 Å². The molecular weight excluding hydrogens is 256 g/mol. The van der Waals surface area contributed by atoms with Gasteiger partial charge in [0.15, 0.2) is 0 Å². The quantitative estimate of drug-likeness (QED) is 0.708. The molecule has 21 heavy (non-hydrogen) atoms. The Morgan fingerprint density at radius 1 is 1.05 bits per heavy atom. The maximum Gasteiger partial charge on any atom is 0.0459 e. The topological polar surface area (TPSA) is 19.0 Å². The van der Waals surface area contributed by atoms with Crippen molar-refractivity contribution in [3.63, 3.8) is 0 Å². The summed E-state index contributed by atoms with van der Waals surface area (Å²) < 4.78 is 0. The summed E-state index contributed by atoms with van der Waals surface area (Å²) in [4.78, 5) is 6.00. The fraction of sp³-hybridized carbons (Fsp3) is 0.263. The number of aryl methyl sites for hydroxylation is 1. The molecule has 1 N–H and O–H groups in total. The average molecular weight is 276 g/mol. The van der Waals surface area contributed by atoms with Gasteiger partial charge in [-0.25, -0.2) is 0 Å². The number of fused-ring (bicyclic) bond motifs is 3. The van der Waals surface area contributed by atoms with Crippen molar-refractivity contribution in [2.45, 2.75) is 19.9 Å². The van der Waals surface area contributed by atoms with Gasteiger partial charge in [0.25, 0.3) is 0 Å². The van der Waals surface area contributed by atoms with Gasteiger partial charge in [0, 0.05) is 36.1 Å². The lowest BCUT2D eigenvalue weighted by Crippen LogP contribution is -2.25. The monoisotopic (exact) mass is 276 g/mol. The van der Waals surface area contributed by atoms with Gasteiger partial charge in [0.2, 0.25) is 0 Å². The van der Waals surface area contributed by atoms with Gasteiger partial charge in [-0.3, -0.25) is 0 Å². The van der Waals surface area contributed by atoms with E-state index in [-0.39, 0.29) is 0 Å². The number of rotatable bonds is 1. The molecule has 4 rings (SSSR count). The molecule has 1 aliphatic heterocycles. The summed E-state index contributed by atoms with van der Waals surface area (Å²) in [5, 5.41) is 1.38. The molecule has 0 amide bonds. The lowest BCUT2D eigenvalue weighted by molar-refractivity contribution is 0.313. The number of aromatic nitrogens is 1. The number of hydrogen-bond donors (Lipinski definition) is 1. The third kappa shape index (κ3) is 2.16. The highest BCUT2D eigenvalue weighted by atomic mass is 15.1. The minimum Gasteiger partial charge on any atom is -0.358 e. The highest BCUT2D eigenvalue weighted by molar-refractivity contribution is 5.89. The molecular formula is C19H20N2. The van der Waals surface area contributed by atoms with Gasteiger partial charge in [-0.05, 0) is 42.8 Å². The highest BCUT2D eigenvalue weighted by Crippen LogP contribution is 2.31.